The molecular formula is C27H19Cl2F3N4O2. The number of hydrazone groups is 1. The Morgan fingerprint density at radius 2 is 1.68 bits per heavy atom. The molecule has 0 bridgehead atoms. The van der Waals surface area contributed by atoms with Gasteiger partial charge in [0.1, 0.15) is 12.3 Å². The molecule has 0 saturated heterocycles. The SMILES string of the molecule is O=C(CN1CC(c2ccc3cc(Cl)ccc3n2)C(c2ccc(Cl)cc2)=N1)Nc1ccc(OC(F)(F)F)cc1. The first-order chi connectivity index (χ1) is 18.1. The molecule has 0 radical (unpaired) electrons. The number of carbonyl (C=O) groups excluding carboxylic acids is 1. The van der Waals surface area contributed by atoms with Crippen LogP contribution in [0.3, 0.4) is 0 Å². The predicted molar refractivity (Wildman–Crippen MR) is 141 cm³/mol. The summed E-state index contributed by atoms with van der Waals surface area (Å²) in [5.41, 5.74) is 3.50. The molecule has 4 aromatic rings. The summed E-state index contributed by atoms with van der Waals surface area (Å²) in [4.78, 5) is 17.6. The quantitative estimate of drug-likeness (QED) is 0.280. The molecule has 2 heterocycles. The van der Waals surface area contributed by atoms with E-state index in [-0.39, 0.29) is 24.1 Å². The molecule has 3 aromatic carbocycles. The van der Waals surface area contributed by atoms with Crippen LogP contribution in [0.2, 0.25) is 10.0 Å². The van der Waals surface area contributed by atoms with E-state index < -0.39 is 6.36 Å². The molecule has 1 aliphatic rings. The predicted octanol–water partition coefficient (Wildman–Crippen LogP) is 6.88. The third-order valence-electron chi connectivity index (χ3n) is 5.84. The second-order valence-corrected chi connectivity index (χ2v) is 9.46. The fraction of sp³-hybridized carbons (Fsp3) is 0.148. The summed E-state index contributed by atoms with van der Waals surface area (Å²) in [6.07, 6.45) is -4.79. The second kappa shape index (κ2) is 10.5. The van der Waals surface area contributed by atoms with Gasteiger partial charge in [0.2, 0.25) is 5.91 Å². The van der Waals surface area contributed by atoms with Crippen molar-refractivity contribution >= 4 is 51.4 Å². The van der Waals surface area contributed by atoms with Gasteiger partial charge in [-0.3, -0.25) is 14.8 Å². The summed E-state index contributed by atoms with van der Waals surface area (Å²) in [5, 5.41) is 11.1. The van der Waals surface area contributed by atoms with Gasteiger partial charge in [-0.15, -0.1) is 13.2 Å². The third kappa shape index (κ3) is 6.17. The summed E-state index contributed by atoms with van der Waals surface area (Å²) in [6.45, 7) is 0.327. The number of halogens is 5. The lowest BCUT2D eigenvalue weighted by Gasteiger charge is -2.16. The topological polar surface area (TPSA) is 66.8 Å². The Morgan fingerprint density at radius 3 is 2.39 bits per heavy atom. The number of fused-ring (bicyclic) bond motifs is 1. The second-order valence-electron chi connectivity index (χ2n) is 8.59. The molecule has 1 amide bonds. The Kier molecular flexibility index (Phi) is 7.14. The van der Waals surface area contributed by atoms with Crippen LogP contribution in [0, 0.1) is 0 Å². The van der Waals surface area contributed by atoms with Crippen LogP contribution in [-0.4, -0.2) is 41.1 Å². The number of anilines is 1. The number of pyridine rings is 1. The molecule has 1 N–H and O–H groups in total. The molecule has 0 saturated carbocycles. The van der Waals surface area contributed by atoms with E-state index in [9.17, 15) is 18.0 Å². The van der Waals surface area contributed by atoms with Crippen molar-refractivity contribution in [1.29, 1.82) is 0 Å². The van der Waals surface area contributed by atoms with Gasteiger partial charge in [-0.05, 0) is 66.2 Å². The zero-order chi connectivity index (χ0) is 26.9. The normalized spacial score (nSPS) is 15.4. The Hall–Kier alpha value is -3.82. The first-order valence-corrected chi connectivity index (χ1v) is 12.2. The lowest BCUT2D eigenvalue weighted by Crippen LogP contribution is -2.29. The molecule has 1 aliphatic heterocycles. The highest BCUT2D eigenvalue weighted by Crippen LogP contribution is 2.30. The van der Waals surface area contributed by atoms with E-state index in [2.05, 4.69) is 10.1 Å². The van der Waals surface area contributed by atoms with Crippen LogP contribution in [-0.2, 0) is 4.79 Å². The van der Waals surface area contributed by atoms with Gasteiger partial charge in [0.25, 0.3) is 0 Å². The van der Waals surface area contributed by atoms with Gasteiger partial charge >= 0.3 is 6.36 Å². The van der Waals surface area contributed by atoms with E-state index in [1.54, 1.807) is 23.2 Å². The fourth-order valence-electron chi connectivity index (χ4n) is 4.19. The molecule has 0 spiro atoms. The number of benzene rings is 3. The molecule has 1 unspecified atom stereocenters. The maximum atomic E-state index is 12.7. The fourth-order valence-corrected chi connectivity index (χ4v) is 4.49. The molecular weight excluding hydrogens is 540 g/mol. The summed E-state index contributed by atoms with van der Waals surface area (Å²) < 4.78 is 41.0. The van der Waals surface area contributed by atoms with Crippen molar-refractivity contribution in [3.8, 4) is 5.75 Å². The Balaban J connectivity index is 1.34. The molecule has 0 fully saturated rings. The number of carbonyl (C=O) groups is 1. The molecule has 1 atom stereocenters. The van der Waals surface area contributed by atoms with Gasteiger partial charge in [-0.1, -0.05) is 41.4 Å². The zero-order valence-corrected chi connectivity index (χ0v) is 21.1. The number of aromatic nitrogens is 1. The molecule has 194 valence electrons. The van der Waals surface area contributed by atoms with E-state index in [4.69, 9.17) is 33.3 Å². The van der Waals surface area contributed by atoms with Crippen LogP contribution in [0.4, 0.5) is 18.9 Å². The number of hydrogen-bond donors (Lipinski definition) is 1. The highest BCUT2D eigenvalue weighted by atomic mass is 35.5. The monoisotopic (exact) mass is 558 g/mol. The number of rotatable bonds is 6. The number of amides is 1. The van der Waals surface area contributed by atoms with E-state index in [0.717, 1.165) is 40.0 Å². The smallest absolute Gasteiger partial charge is 0.406 e. The molecule has 38 heavy (non-hydrogen) atoms. The van der Waals surface area contributed by atoms with Crippen LogP contribution >= 0.6 is 23.2 Å². The number of nitrogens with one attached hydrogen (secondary N) is 1. The standard InChI is InChI=1S/C27H19Cl2F3N4O2/c28-18-4-1-16(2-5-18)26-22(24-11-3-17-13-19(29)6-12-23(17)34-24)14-36(35-26)15-25(37)33-20-7-9-21(10-8-20)38-27(30,31)32/h1-13,22H,14-15H2,(H,33,37). The van der Waals surface area contributed by atoms with Crippen LogP contribution in [0.15, 0.2) is 84.0 Å². The first-order valence-electron chi connectivity index (χ1n) is 11.4. The van der Waals surface area contributed by atoms with Crippen molar-refractivity contribution in [1.82, 2.24) is 9.99 Å². The van der Waals surface area contributed by atoms with Gasteiger partial charge < -0.3 is 10.1 Å². The van der Waals surface area contributed by atoms with Crippen LogP contribution in [0.5, 0.6) is 5.75 Å². The lowest BCUT2D eigenvalue weighted by molar-refractivity contribution is -0.274. The molecule has 0 aliphatic carbocycles. The number of ether oxygens (including phenoxy) is 1. The third-order valence-corrected chi connectivity index (χ3v) is 6.33. The van der Waals surface area contributed by atoms with Gasteiger partial charge in [0.05, 0.1) is 29.4 Å². The van der Waals surface area contributed by atoms with Crippen molar-refractivity contribution in [3.63, 3.8) is 0 Å². The molecule has 5 rings (SSSR count). The summed E-state index contributed by atoms with van der Waals surface area (Å²) in [6, 6.07) is 21.5. The Bertz CT molecular complexity index is 1510. The lowest BCUT2D eigenvalue weighted by atomic mass is 9.93. The summed E-state index contributed by atoms with van der Waals surface area (Å²) in [5.74, 6) is -0.974. The maximum Gasteiger partial charge on any atom is 0.573 e. The molecule has 11 heteroatoms. The average Bonchev–Trinajstić information content (AvgIpc) is 3.28. The van der Waals surface area contributed by atoms with Crippen molar-refractivity contribution in [2.24, 2.45) is 5.10 Å². The van der Waals surface area contributed by atoms with E-state index in [1.807, 2.05) is 36.4 Å². The van der Waals surface area contributed by atoms with Gasteiger partial charge in [0, 0.05) is 21.1 Å². The first kappa shape index (κ1) is 25.8. The van der Waals surface area contributed by atoms with Gasteiger partial charge in [-0.2, -0.15) is 5.10 Å². The van der Waals surface area contributed by atoms with Gasteiger partial charge in [0.15, 0.2) is 0 Å². The van der Waals surface area contributed by atoms with E-state index in [0.29, 0.717) is 22.3 Å². The minimum atomic E-state index is -4.79. The minimum Gasteiger partial charge on any atom is -0.406 e. The van der Waals surface area contributed by atoms with Crippen molar-refractivity contribution in [2.75, 3.05) is 18.4 Å². The Labute approximate surface area is 225 Å². The van der Waals surface area contributed by atoms with Crippen molar-refractivity contribution in [3.05, 3.63) is 100 Å². The van der Waals surface area contributed by atoms with Crippen LogP contribution in [0.25, 0.3) is 10.9 Å². The van der Waals surface area contributed by atoms with Gasteiger partial charge in [-0.25, -0.2) is 0 Å². The number of alkyl halides is 3. The average molecular weight is 559 g/mol. The van der Waals surface area contributed by atoms with Crippen LogP contribution < -0.4 is 10.1 Å². The Morgan fingerprint density at radius 1 is 0.974 bits per heavy atom. The summed E-state index contributed by atoms with van der Waals surface area (Å²) >= 11 is 12.2. The largest absolute Gasteiger partial charge is 0.573 e. The maximum absolute atomic E-state index is 12.7. The van der Waals surface area contributed by atoms with Crippen molar-refractivity contribution < 1.29 is 22.7 Å². The van der Waals surface area contributed by atoms with Crippen molar-refractivity contribution in [2.45, 2.75) is 12.3 Å². The zero-order valence-electron chi connectivity index (χ0n) is 19.5. The minimum absolute atomic E-state index is 0.0718. The number of hydrogen-bond acceptors (Lipinski definition) is 5. The molecule has 6 nitrogen and oxygen atoms in total. The van der Waals surface area contributed by atoms with E-state index >= 15 is 0 Å². The van der Waals surface area contributed by atoms with E-state index in [1.165, 1.54) is 12.1 Å². The van der Waals surface area contributed by atoms with Crippen LogP contribution in [0.1, 0.15) is 17.2 Å². The highest BCUT2D eigenvalue weighted by Gasteiger charge is 2.32. The molecule has 1 aromatic heterocycles. The summed E-state index contributed by atoms with van der Waals surface area (Å²) in [7, 11) is 0. The number of nitrogens with zero attached hydrogens (tertiary/aromatic N) is 3. The highest BCUT2D eigenvalue weighted by molar-refractivity contribution is 6.31.